The van der Waals surface area contributed by atoms with Crippen LogP contribution < -0.4 is 84.1 Å². The van der Waals surface area contributed by atoms with Crippen LogP contribution in [-0.4, -0.2) is 176 Å². The van der Waals surface area contributed by atoms with Crippen LogP contribution in [0.3, 0.4) is 0 Å². The quantitative estimate of drug-likeness (QED) is 0.0103. The number of ketones is 2. The molecule has 145 heavy (non-hydrogen) atoms. The first-order valence-electron chi connectivity index (χ1n) is 42.3. The standard InChI is InChI=1S/2C26H27F3N2O5S2.C13H10F3NO5S2.C13H20N2O.C7H4ClF3O3S.C6H7NO2S.C2H3N.Na/c2*1-16-13-17(2)24(31-8-10-35-11-9-31)18(3)21(16)15-23(32)25-22(7-12-37-25)30-38(33,34)20-6-4-5-19(14-20)36-26(27,28)29;1-21-12(18)11-10(5-6-23-11)17-24(19,20)9-4-2-3-8(7-9)22-13(14,15)16;1-9-8-10(2)13(11(3)12(9)14)15-4-6-16-7-5-15;8-15(12,13)6-3-1-2-5(4-6)14-7(9,10)11;1-9-6(8)5-4(7)2-3-10-5;1-2-3;/h4-7,12-14H,8-11,15H2,1-3H3,(H,30,32);4-7,12-14,30H,8-11,15H2,1-3H3;2-7,17H,1H3;8H,4-7,14H2,1-3H3;1-4H;2-3H,7H2,1H3;1H3;/q;;;;;;;+1/p-1. The van der Waals surface area contributed by atoms with E-state index in [2.05, 4.69) is 90.2 Å². The van der Waals surface area contributed by atoms with Crippen LogP contribution in [0.2, 0.25) is 0 Å². The molecule has 30 nitrogen and oxygen atoms in total. The van der Waals surface area contributed by atoms with Gasteiger partial charge in [-0.3, -0.25) is 19.0 Å². The fourth-order valence-electron chi connectivity index (χ4n) is 14.8. The molecular formula is C93H97ClF12N9NaO21S8. The van der Waals surface area contributed by atoms with Gasteiger partial charge in [-0.2, -0.15) is 5.26 Å². The van der Waals surface area contributed by atoms with Crippen molar-refractivity contribution in [1.82, 2.24) is 0 Å². The van der Waals surface area contributed by atoms with Gasteiger partial charge in [0.2, 0.25) is 0 Å². The molecule has 7 heterocycles. The van der Waals surface area contributed by atoms with E-state index in [1.165, 1.54) is 71.3 Å². The van der Waals surface area contributed by atoms with Crippen molar-refractivity contribution in [2.24, 2.45) is 0 Å². The third kappa shape index (κ3) is 35.9. The van der Waals surface area contributed by atoms with Crippen molar-refractivity contribution in [1.29, 1.82) is 5.26 Å². The number of alkyl halides is 12. The summed E-state index contributed by atoms with van der Waals surface area (Å²) in [7, 11) is -9.59. The molecule has 0 bridgehead atoms. The van der Waals surface area contributed by atoms with Crippen LogP contribution in [0.25, 0.3) is 4.72 Å². The number of benzene rings is 7. The summed E-state index contributed by atoms with van der Waals surface area (Å²) in [4.78, 5) is 55.1. The molecule has 52 heteroatoms. The van der Waals surface area contributed by atoms with Crippen molar-refractivity contribution in [3.8, 4) is 29.1 Å². The number of thiophene rings is 4. The number of nitrogen functional groups attached to an aromatic ring is 2. The molecule has 3 saturated heterocycles. The molecular weight excluding hydrogens is 2120 g/mol. The van der Waals surface area contributed by atoms with Gasteiger partial charge < -0.3 is 73.5 Å². The zero-order valence-corrected chi connectivity index (χ0v) is 88.9. The van der Waals surface area contributed by atoms with Crippen molar-refractivity contribution < 1.29 is 178 Å². The smallest absolute Gasteiger partial charge is 0.571 e. The maximum atomic E-state index is 13.4. The molecule has 11 aromatic rings. The van der Waals surface area contributed by atoms with Crippen LogP contribution in [-0.2, 0) is 75.6 Å². The number of nitrogens with one attached hydrogen (secondary N) is 2. The second-order valence-corrected chi connectivity index (χ2v) is 42.2. The number of anilines is 7. The van der Waals surface area contributed by atoms with Crippen LogP contribution in [0, 0.1) is 73.6 Å². The van der Waals surface area contributed by atoms with Gasteiger partial charge in [0.1, 0.15) is 42.8 Å². The number of carbonyl (C=O) groups is 4. The SMILES string of the molecule is CC#N.COC(=O)c1sccc1N.COC(=O)c1sccc1NS(=O)(=O)c1cccc(OC(F)(F)F)c1.Cc1cc(C)c(N2CCOCC2)c(C)c1CC(=O)c1sccc1NS(=O)(=O)c1cccc(OC(F)(F)F)c1.Cc1cc(C)c(N2CCOCC2)c(C)c1CC(=O)c1sccc1[N-]S(=O)(=O)c1cccc(OC(F)(F)F)c1.Cc1cc(C)c(N2CCOCC2)c(C)c1N.O=S(=O)(Cl)c1cccc(OC(F)(F)F)c1.[Na+]. The van der Waals surface area contributed by atoms with E-state index in [9.17, 15) is 106 Å². The Hall–Kier alpha value is -11.2. The van der Waals surface area contributed by atoms with E-state index in [0.29, 0.717) is 43.1 Å². The topological polar surface area (TPSA) is 412 Å². The molecule has 0 saturated carbocycles. The first-order valence-corrected chi connectivity index (χ1v) is 52.6. The second kappa shape index (κ2) is 52.9. The monoisotopic (exact) mass is 2220 g/mol. The number of morpholine rings is 3. The molecule has 3 aliphatic rings. The van der Waals surface area contributed by atoms with E-state index in [1.807, 2.05) is 47.6 Å². The van der Waals surface area contributed by atoms with Crippen LogP contribution in [0.4, 0.5) is 98.2 Å². The number of hydrogen-bond acceptors (Lipinski definition) is 31. The predicted molar refractivity (Wildman–Crippen MR) is 525 cm³/mol. The van der Waals surface area contributed by atoms with E-state index in [4.69, 9.17) is 41.6 Å². The van der Waals surface area contributed by atoms with Crippen LogP contribution in [0.5, 0.6) is 23.0 Å². The number of nitrogens with zero attached hydrogens (tertiary/aromatic N) is 5. The number of halogens is 13. The van der Waals surface area contributed by atoms with E-state index < -0.39 is 113 Å². The van der Waals surface area contributed by atoms with E-state index in [-0.39, 0.29) is 91.6 Å². The van der Waals surface area contributed by atoms with Crippen LogP contribution in [0.15, 0.2) is 181 Å². The van der Waals surface area contributed by atoms with Gasteiger partial charge in [-0.1, -0.05) is 48.5 Å². The molecule has 4 aromatic heterocycles. The Labute approximate surface area is 871 Å². The van der Waals surface area contributed by atoms with Gasteiger partial charge in [0.05, 0.1) is 106 Å². The maximum Gasteiger partial charge on any atom is 1.00 e. The average molecular weight is 2220 g/mol. The number of Topliss-reactive ketones (excluding diaryl/α,β-unsaturated/α-hetero) is 2. The minimum Gasteiger partial charge on any atom is -0.571 e. The Kier molecular flexibility index (Phi) is 44.1. The van der Waals surface area contributed by atoms with Gasteiger partial charge in [-0.25, -0.2) is 43.3 Å². The number of hydrogen-bond donors (Lipinski definition) is 4. The van der Waals surface area contributed by atoms with E-state index in [1.54, 1.807) is 28.3 Å². The van der Waals surface area contributed by atoms with E-state index >= 15 is 0 Å². The zero-order chi connectivity index (χ0) is 107. The number of nitrogens with two attached hydrogens (primary N) is 2. The largest absolute Gasteiger partial charge is 1.00 e. The molecule has 0 amide bonds. The summed E-state index contributed by atoms with van der Waals surface area (Å²) >= 11 is 4.39. The molecule has 6 N–H and O–H groups in total. The molecule has 0 spiro atoms. The molecule has 3 fully saturated rings. The van der Waals surface area contributed by atoms with Crippen molar-refractivity contribution in [2.45, 2.75) is 127 Å². The molecule has 780 valence electrons. The van der Waals surface area contributed by atoms with Gasteiger partial charge in [0, 0.05) is 111 Å². The maximum absolute atomic E-state index is 13.4. The second-order valence-electron chi connectivity index (χ2n) is 31.0. The molecule has 3 aliphatic heterocycles. The van der Waals surface area contributed by atoms with Gasteiger partial charge in [0.15, 0.2) is 11.6 Å². The fraction of sp³-hybridized carbons (Fsp3) is 0.323. The summed E-state index contributed by atoms with van der Waals surface area (Å²) in [6.45, 7) is 28.8. The summed E-state index contributed by atoms with van der Waals surface area (Å²) < 4.78 is 294. The number of nitriles is 1. The Bertz CT molecular complexity index is 6670. The number of methoxy groups -OCH3 is 2. The summed E-state index contributed by atoms with van der Waals surface area (Å²) in [5, 5.41) is 13.7. The number of rotatable bonds is 25. The minimum absolute atomic E-state index is 0. The Morgan fingerprint density at radius 2 is 0.731 bits per heavy atom. The number of aryl methyl sites for hydroxylation is 6. The fourth-order valence-corrected chi connectivity index (χ4v) is 22.1. The summed E-state index contributed by atoms with van der Waals surface area (Å²) in [6.07, 6.45) is -19.6. The predicted octanol–water partition coefficient (Wildman–Crippen LogP) is 18.3. The van der Waals surface area contributed by atoms with Gasteiger partial charge in [-0.15, -0.1) is 104 Å². The summed E-state index contributed by atoms with van der Waals surface area (Å²) in [5.74, 6) is -4.33. The molecule has 0 aliphatic carbocycles. The number of esters is 2. The van der Waals surface area contributed by atoms with E-state index in [0.717, 1.165) is 246 Å². The number of ether oxygens (including phenoxy) is 9. The Morgan fingerprint density at radius 1 is 0.428 bits per heavy atom. The van der Waals surface area contributed by atoms with Gasteiger partial charge in [0.25, 0.3) is 29.1 Å². The minimum atomic E-state index is -4.97. The third-order valence-corrected chi connectivity index (χ3v) is 29.9. The molecule has 0 atom stereocenters. The Balaban J connectivity index is 0.000000247. The van der Waals surface area contributed by atoms with Gasteiger partial charge in [-0.05, 0) is 218 Å². The molecule has 0 unspecified atom stereocenters. The molecule has 7 aromatic carbocycles. The van der Waals surface area contributed by atoms with Crippen molar-refractivity contribution in [3.63, 3.8) is 0 Å². The first kappa shape index (κ1) is 121. The van der Waals surface area contributed by atoms with Crippen molar-refractivity contribution >= 4 is 164 Å². The first-order chi connectivity index (χ1) is 67.3. The normalized spacial score (nSPS) is 13.3. The van der Waals surface area contributed by atoms with Gasteiger partial charge >= 0.3 is 66.9 Å². The number of carbonyl (C=O) groups excluding carboxylic acids is 4. The average Bonchev–Trinajstić information content (AvgIpc) is 1.78. The Morgan fingerprint density at radius 3 is 1.10 bits per heavy atom. The summed E-state index contributed by atoms with van der Waals surface area (Å²) in [6, 6.07) is 29.6. The van der Waals surface area contributed by atoms with Crippen molar-refractivity contribution in [2.75, 3.05) is 129 Å². The zero-order valence-electron chi connectivity index (χ0n) is 79.6. The summed E-state index contributed by atoms with van der Waals surface area (Å²) in [5.41, 5.74) is 27.9. The molecule has 14 rings (SSSR count). The molecule has 0 radical (unpaired) electrons. The third-order valence-electron chi connectivity index (χ3n) is 20.8. The van der Waals surface area contributed by atoms with Crippen LogP contribution >= 0.6 is 56.0 Å². The van der Waals surface area contributed by atoms with Crippen LogP contribution in [0.1, 0.15) is 107 Å². The van der Waals surface area contributed by atoms with Crippen molar-refractivity contribution in [3.05, 3.63) is 246 Å². The number of sulfonamides is 3.